The van der Waals surface area contributed by atoms with E-state index in [-0.39, 0.29) is 18.6 Å². The third kappa shape index (κ3) is 2.36. The van der Waals surface area contributed by atoms with Crippen LogP contribution >= 0.6 is 15.9 Å². The maximum atomic E-state index is 10.9. The number of rotatable bonds is 2. The summed E-state index contributed by atoms with van der Waals surface area (Å²) in [5, 5.41) is 2.77. The molecule has 1 heterocycles. The van der Waals surface area contributed by atoms with Gasteiger partial charge in [-0.3, -0.25) is 4.79 Å². The van der Waals surface area contributed by atoms with E-state index in [2.05, 4.69) is 21.2 Å². The Morgan fingerprint density at radius 1 is 1.56 bits per heavy atom. The van der Waals surface area contributed by atoms with Gasteiger partial charge < -0.3 is 14.8 Å². The van der Waals surface area contributed by atoms with Crippen LogP contribution in [-0.4, -0.2) is 26.2 Å². The molecule has 86 valence electrons. The summed E-state index contributed by atoms with van der Waals surface area (Å²) in [5.74, 6) is 0.693. The van der Waals surface area contributed by atoms with Crippen molar-refractivity contribution in [2.45, 2.75) is 6.10 Å². The smallest absolute Gasteiger partial charge is 0.246 e. The molecule has 0 radical (unpaired) electrons. The number of carbonyl (C=O) groups excluding carboxylic acids is 1. The van der Waals surface area contributed by atoms with Crippen LogP contribution in [-0.2, 0) is 9.53 Å². The first-order chi connectivity index (χ1) is 7.70. The molecule has 1 fully saturated rings. The number of halogens is 1. The lowest BCUT2D eigenvalue weighted by Crippen LogP contribution is -2.38. The van der Waals surface area contributed by atoms with Crippen molar-refractivity contribution in [1.82, 2.24) is 5.32 Å². The maximum absolute atomic E-state index is 10.9. The monoisotopic (exact) mass is 285 g/mol. The molecule has 0 aromatic heterocycles. The van der Waals surface area contributed by atoms with Crippen molar-refractivity contribution in [3.63, 3.8) is 0 Å². The van der Waals surface area contributed by atoms with Gasteiger partial charge in [0.1, 0.15) is 18.5 Å². The Morgan fingerprint density at radius 2 is 2.38 bits per heavy atom. The number of carbonyl (C=O) groups is 1. The van der Waals surface area contributed by atoms with Crippen molar-refractivity contribution in [2.75, 3.05) is 20.3 Å². The summed E-state index contributed by atoms with van der Waals surface area (Å²) in [7, 11) is 1.62. The molecule has 0 spiro atoms. The van der Waals surface area contributed by atoms with E-state index >= 15 is 0 Å². The molecule has 1 aliphatic rings. The lowest BCUT2D eigenvalue weighted by atomic mass is 10.1. The molecule has 0 bridgehead atoms. The van der Waals surface area contributed by atoms with Crippen LogP contribution in [0.3, 0.4) is 0 Å². The van der Waals surface area contributed by atoms with Gasteiger partial charge in [-0.25, -0.2) is 0 Å². The number of hydrogen-bond donors (Lipinski definition) is 1. The van der Waals surface area contributed by atoms with Crippen LogP contribution in [0.4, 0.5) is 0 Å². The van der Waals surface area contributed by atoms with E-state index in [9.17, 15) is 4.79 Å². The zero-order chi connectivity index (χ0) is 11.5. The predicted molar refractivity (Wildman–Crippen MR) is 62.4 cm³/mol. The van der Waals surface area contributed by atoms with Gasteiger partial charge in [-0.2, -0.15) is 0 Å². The molecular weight excluding hydrogens is 274 g/mol. The quantitative estimate of drug-likeness (QED) is 0.899. The molecule has 1 aliphatic heterocycles. The van der Waals surface area contributed by atoms with Crippen LogP contribution in [0.2, 0.25) is 0 Å². The summed E-state index contributed by atoms with van der Waals surface area (Å²) in [6, 6.07) is 5.77. The molecule has 16 heavy (non-hydrogen) atoms. The summed E-state index contributed by atoms with van der Waals surface area (Å²) in [6.07, 6.45) is -0.0975. The molecule has 1 atom stereocenters. The first kappa shape index (κ1) is 11.4. The van der Waals surface area contributed by atoms with Gasteiger partial charge >= 0.3 is 0 Å². The lowest BCUT2D eigenvalue weighted by Gasteiger charge is -2.23. The van der Waals surface area contributed by atoms with Crippen LogP contribution in [0.25, 0.3) is 0 Å². The average Bonchev–Trinajstić information content (AvgIpc) is 2.31. The first-order valence-electron chi connectivity index (χ1n) is 4.92. The zero-order valence-corrected chi connectivity index (χ0v) is 10.4. The second-order valence-electron chi connectivity index (χ2n) is 3.50. The van der Waals surface area contributed by atoms with E-state index in [1.165, 1.54) is 0 Å². The molecule has 1 amide bonds. The summed E-state index contributed by atoms with van der Waals surface area (Å²) in [6.45, 7) is 0.618. The van der Waals surface area contributed by atoms with Crippen LogP contribution in [0.5, 0.6) is 5.75 Å². The van der Waals surface area contributed by atoms with Crippen molar-refractivity contribution in [1.29, 1.82) is 0 Å². The van der Waals surface area contributed by atoms with Crippen molar-refractivity contribution < 1.29 is 14.3 Å². The molecule has 1 saturated heterocycles. The third-order valence-corrected chi connectivity index (χ3v) is 3.10. The molecular formula is C11H12BrNO3. The Bertz CT molecular complexity index is 398. The topological polar surface area (TPSA) is 47.6 Å². The van der Waals surface area contributed by atoms with Crippen molar-refractivity contribution in [3.8, 4) is 5.75 Å². The van der Waals surface area contributed by atoms with Gasteiger partial charge in [0.15, 0.2) is 0 Å². The number of hydrogen-bond acceptors (Lipinski definition) is 3. The van der Waals surface area contributed by atoms with Gasteiger partial charge in [0.2, 0.25) is 5.91 Å². The number of ether oxygens (including phenoxy) is 2. The first-order valence-corrected chi connectivity index (χ1v) is 5.71. The fourth-order valence-corrected chi connectivity index (χ4v) is 1.99. The fourth-order valence-electron chi connectivity index (χ4n) is 1.58. The van der Waals surface area contributed by atoms with E-state index in [4.69, 9.17) is 9.47 Å². The third-order valence-electron chi connectivity index (χ3n) is 2.45. The highest BCUT2D eigenvalue weighted by Crippen LogP contribution is 2.29. The van der Waals surface area contributed by atoms with Gasteiger partial charge in [0, 0.05) is 6.54 Å². The fraction of sp³-hybridized carbons (Fsp3) is 0.364. The van der Waals surface area contributed by atoms with E-state index in [0.717, 1.165) is 15.8 Å². The highest BCUT2D eigenvalue weighted by molar-refractivity contribution is 9.10. The molecule has 1 aromatic carbocycles. The van der Waals surface area contributed by atoms with E-state index in [1.54, 1.807) is 7.11 Å². The lowest BCUT2D eigenvalue weighted by molar-refractivity contribution is -0.133. The average molecular weight is 286 g/mol. The Kier molecular flexibility index (Phi) is 3.46. The van der Waals surface area contributed by atoms with Gasteiger partial charge in [-0.05, 0) is 33.6 Å². The Morgan fingerprint density at radius 3 is 3.00 bits per heavy atom. The van der Waals surface area contributed by atoms with Crippen LogP contribution in [0.15, 0.2) is 22.7 Å². The molecule has 1 unspecified atom stereocenters. The normalized spacial score (nSPS) is 20.4. The molecule has 0 saturated carbocycles. The second-order valence-corrected chi connectivity index (χ2v) is 4.35. The van der Waals surface area contributed by atoms with E-state index in [0.29, 0.717) is 6.54 Å². The van der Waals surface area contributed by atoms with Crippen molar-refractivity contribution in [2.24, 2.45) is 0 Å². The molecule has 4 nitrogen and oxygen atoms in total. The summed E-state index contributed by atoms with van der Waals surface area (Å²) in [4.78, 5) is 10.9. The van der Waals surface area contributed by atoms with Crippen LogP contribution in [0, 0.1) is 0 Å². The number of methoxy groups -OCH3 is 1. The van der Waals surface area contributed by atoms with Gasteiger partial charge in [0.05, 0.1) is 11.6 Å². The molecule has 1 aromatic rings. The SMILES string of the molecule is COc1cc(C2CNC(=O)CO2)ccc1Br. The molecule has 1 N–H and O–H groups in total. The minimum Gasteiger partial charge on any atom is -0.496 e. The highest BCUT2D eigenvalue weighted by Gasteiger charge is 2.20. The van der Waals surface area contributed by atoms with Gasteiger partial charge in [0.25, 0.3) is 0 Å². The maximum Gasteiger partial charge on any atom is 0.246 e. The number of amides is 1. The second kappa shape index (κ2) is 4.84. The summed E-state index contributed by atoms with van der Waals surface area (Å²) >= 11 is 3.39. The predicted octanol–water partition coefficient (Wildman–Crippen LogP) is 1.65. The zero-order valence-electron chi connectivity index (χ0n) is 8.83. The van der Waals surface area contributed by atoms with Gasteiger partial charge in [-0.15, -0.1) is 0 Å². The summed E-state index contributed by atoms with van der Waals surface area (Å²) in [5.41, 5.74) is 1.00. The molecule has 5 heteroatoms. The van der Waals surface area contributed by atoms with Crippen molar-refractivity contribution >= 4 is 21.8 Å². The minimum absolute atomic E-state index is 0.0691. The van der Waals surface area contributed by atoms with Crippen LogP contribution < -0.4 is 10.1 Å². The standard InChI is InChI=1S/C11H12BrNO3/c1-15-9-4-7(2-3-8(9)12)10-5-13-11(14)6-16-10/h2-4,10H,5-6H2,1H3,(H,13,14). The van der Waals surface area contributed by atoms with Crippen molar-refractivity contribution in [3.05, 3.63) is 28.2 Å². The van der Waals surface area contributed by atoms with E-state index in [1.807, 2.05) is 18.2 Å². The summed E-state index contributed by atoms with van der Waals surface area (Å²) < 4.78 is 11.5. The Balaban J connectivity index is 2.17. The number of benzene rings is 1. The largest absolute Gasteiger partial charge is 0.496 e. The number of nitrogens with one attached hydrogen (secondary N) is 1. The Hall–Kier alpha value is -1.07. The minimum atomic E-state index is -0.0975. The number of morpholine rings is 1. The highest BCUT2D eigenvalue weighted by atomic mass is 79.9. The van der Waals surface area contributed by atoms with E-state index < -0.39 is 0 Å². The van der Waals surface area contributed by atoms with Crippen LogP contribution in [0.1, 0.15) is 11.7 Å². The Labute approximate surface area is 102 Å². The molecule has 2 rings (SSSR count). The van der Waals surface area contributed by atoms with Gasteiger partial charge in [-0.1, -0.05) is 6.07 Å². The molecule has 0 aliphatic carbocycles.